The smallest absolute Gasteiger partial charge is 0.276 e. The summed E-state index contributed by atoms with van der Waals surface area (Å²) in [5, 5.41) is 13.3. The van der Waals surface area contributed by atoms with Crippen LogP contribution < -0.4 is 10.6 Å². The van der Waals surface area contributed by atoms with Gasteiger partial charge in [0.25, 0.3) is 5.91 Å². The molecule has 1 heterocycles. The Morgan fingerprint density at radius 3 is 2.67 bits per heavy atom. The fourth-order valence-corrected chi connectivity index (χ4v) is 1.71. The Morgan fingerprint density at radius 1 is 1.24 bits per heavy atom. The van der Waals surface area contributed by atoms with Gasteiger partial charge in [0.2, 0.25) is 0 Å². The van der Waals surface area contributed by atoms with E-state index < -0.39 is 11.7 Å². The first-order valence-corrected chi connectivity index (χ1v) is 6.75. The molecule has 0 radical (unpaired) electrons. The van der Waals surface area contributed by atoms with Gasteiger partial charge in [-0.2, -0.15) is 0 Å². The molecular formula is C15H17FN4O. The first-order chi connectivity index (χ1) is 10.1. The minimum Gasteiger partial charge on any atom is -0.369 e. The molecule has 0 aliphatic rings. The summed E-state index contributed by atoms with van der Waals surface area (Å²) in [6.07, 6.45) is 0.969. The monoisotopic (exact) mass is 288 g/mol. The highest BCUT2D eigenvalue weighted by atomic mass is 19.1. The van der Waals surface area contributed by atoms with Gasteiger partial charge in [-0.25, -0.2) is 4.39 Å². The SMILES string of the molecule is CCCNc1ccc(C(=O)Nc2ccc(C)cc2F)nn1. The van der Waals surface area contributed by atoms with Crippen LogP contribution in [0.1, 0.15) is 29.4 Å². The number of hydrogen-bond acceptors (Lipinski definition) is 4. The third-order valence-electron chi connectivity index (χ3n) is 2.83. The van der Waals surface area contributed by atoms with Gasteiger partial charge in [-0.3, -0.25) is 4.79 Å². The lowest BCUT2D eigenvalue weighted by Gasteiger charge is -2.07. The van der Waals surface area contributed by atoms with Crippen LogP contribution in [-0.4, -0.2) is 22.6 Å². The van der Waals surface area contributed by atoms with Crippen LogP contribution in [0.25, 0.3) is 0 Å². The molecule has 2 N–H and O–H groups in total. The molecule has 21 heavy (non-hydrogen) atoms. The zero-order valence-electron chi connectivity index (χ0n) is 12.0. The maximum absolute atomic E-state index is 13.7. The number of benzene rings is 1. The second kappa shape index (κ2) is 6.78. The van der Waals surface area contributed by atoms with Gasteiger partial charge in [0.05, 0.1) is 5.69 Å². The molecule has 110 valence electrons. The van der Waals surface area contributed by atoms with E-state index in [-0.39, 0.29) is 11.4 Å². The van der Waals surface area contributed by atoms with E-state index in [4.69, 9.17) is 0 Å². The van der Waals surface area contributed by atoms with Crippen molar-refractivity contribution in [3.8, 4) is 0 Å². The molecule has 1 amide bonds. The Kier molecular flexibility index (Phi) is 4.81. The second-order valence-corrected chi connectivity index (χ2v) is 4.67. The van der Waals surface area contributed by atoms with Gasteiger partial charge >= 0.3 is 0 Å². The number of carbonyl (C=O) groups is 1. The van der Waals surface area contributed by atoms with Crippen molar-refractivity contribution in [2.45, 2.75) is 20.3 Å². The quantitative estimate of drug-likeness (QED) is 0.887. The molecule has 0 aliphatic carbocycles. The molecule has 0 saturated heterocycles. The first-order valence-electron chi connectivity index (χ1n) is 6.75. The number of halogens is 1. The molecule has 0 bridgehead atoms. The molecule has 2 rings (SSSR count). The van der Waals surface area contributed by atoms with Crippen LogP contribution in [0.3, 0.4) is 0 Å². The molecule has 0 spiro atoms. The minimum absolute atomic E-state index is 0.126. The molecule has 1 aromatic heterocycles. The van der Waals surface area contributed by atoms with Crippen molar-refractivity contribution >= 4 is 17.4 Å². The Bertz CT molecular complexity index is 628. The van der Waals surface area contributed by atoms with E-state index in [1.807, 2.05) is 6.92 Å². The summed E-state index contributed by atoms with van der Waals surface area (Å²) in [5.74, 6) is -0.361. The highest BCUT2D eigenvalue weighted by Crippen LogP contribution is 2.16. The van der Waals surface area contributed by atoms with Crippen LogP contribution in [0.4, 0.5) is 15.9 Å². The predicted molar refractivity (Wildman–Crippen MR) is 79.9 cm³/mol. The van der Waals surface area contributed by atoms with Gasteiger partial charge < -0.3 is 10.6 Å². The molecule has 2 aromatic rings. The van der Waals surface area contributed by atoms with Crippen molar-refractivity contribution in [3.05, 3.63) is 47.4 Å². The van der Waals surface area contributed by atoms with Gasteiger partial charge in [0.15, 0.2) is 5.69 Å². The maximum Gasteiger partial charge on any atom is 0.276 e. The Labute approximate surface area is 122 Å². The van der Waals surface area contributed by atoms with Gasteiger partial charge in [0.1, 0.15) is 11.6 Å². The molecular weight excluding hydrogens is 271 g/mol. The van der Waals surface area contributed by atoms with Gasteiger partial charge in [-0.15, -0.1) is 10.2 Å². The highest BCUT2D eigenvalue weighted by molar-refractivity contribution is 6.02. The summed E-state index contributed by atoms with van der Waals surface area (Å²) >= 11 is 0. The van der Waals surface area contributed by atoms with Crippen molar-refractivity contribution in [1.29, 1.82) is 0 Å². The first kappa shape index (κ1) is 14.9. The Balaban J connectivity index is 2.06. The van der Waals surface area contributed by atoms with Crippen molar-refractivity contribution in [3.63, 3.8) is 0 Å². The fourth-order valence-electron chi connectivity index (χ4n) is 1.71. The van der Waals surface area contributed by atoms with Crippen molar-refractivity contribution in [2.24, 2.45) is 0 Å². The van der Waals surface area contributed by atoms with Gasteiger partial charge in [0, 0.05) is 6.54 Å². The molecule has 0 saturated carbocycles. The average Bonchev–Trinajstić information content (AvgIpc) is 2.48. The Hall–Kier alpha value is -2.50. The minimum atomic E-state index is -0.493. The van der Waals surface area contributed by atoms with Gasteiger partial charge in [-0.05, 0) is 43.2 Å². The summed E-state index contributed by atoms with van der Waals surface area (Å²) in [6, 6.07) is 7.82. The van der Waals surface area contributed by atoms with Crippen LogP contribution >= 0.6 is 0 Å². The third-order valence-corrected chi connectivity index (χ3v) is 2.83. The van der Waals surface area contributed by atoms with E-state index in [0.29, 0.717) is 5.82 Å². The van der Waals surface area contributed by atoms with Crippen LogP contribution in [-0.2, 0) is 0 Å². The largest absolute Gasteiger partial charge is 0.369 e. The number of hydrogen-bond donors (Lipinski definition) is 2. The number of anilines is 2. The number of carbonyl (C=O) groups excluding carboxylic acids is 1. The van der Waals surface area contributed by atoms with Crippen LogP contribution in [0.2, 0.25) is 0 Å². The summed E-state index contributed by atoms with van der Waals surface area (Å²) in [4.78, 5) is 12.0. The lowest BCUT2D eigenvalue weighted by atomic mass is 10.2. The third kappa shape index (κ3) is 3.98. The summed E-state index contributed by atoms with van der Waals surface area (Å²) in [5.41, 5.74) is 1.05. The van der Waals surface area contributed by atoms with Crippen molar-refractivity contribution in [1.82, 2.24) is 10.2 Å². The standard InChI is InChI=1S/C15H17FN4O/c1-3-8-17-14-7-6-13(19-20-14)15(21)18-12-5-4-10(2)9-11(12)16/h4-7,9H,3,8H2,1-2H3,(H,17,20)(H,18,21). The summed E-state index contributed by atoms with van der Waals surface area (Å²) in [7, 11) is 0. The van der Waals surface area contributed by atoms with E-state index in [1.165, 1.54) is 12.1 Å². The number of aryl methyl sites for hydroxylation is 1. The molecule has 0 aliphatic heterocycles. The fraction of sp³-hybridized carbons (Fsp3) is 0.267. The van der Waals surface area contributed by atoms with Gasteiger partial charge in [-0.1, -0.05) is 13.0 Å². The van der Waals surface area contributed by atoms with Crippen LogP contribution in [0, 0.1) is 12.7 Å². The average molecular weight is 288 g/mol. The highest BCUT2D eigenvalue weighted by Gasteiger charge is 2.11. The van der Waals surface area contributed by atoms with E-state index in [0.717, 1.165) is 18.5 Å². The predicted octanol–water partition coefficient (Wildman–Crippen LogP) is 3.00. The molecule has 5 nitrogen and oxygen atoms in total. The number of amides is 1. The summed E-state index contributed by atoms with van der Waals surface area (Å²) in [6.45, 7) is 4.61. The molecule has 0 fully saturated rings. The lowest BCUT2D eigenvalue weighted by Crippen LogP contribution is -2.16. The molecule has 6 heteroatoms. The molecule has 1 aromatic carbocycles. The number of nitrogens with one attached hydrogen (secondary N) is 2. The van der Waals surface area contributed by atoms with E-state index in [2.05, 4.69) is 20.8 Å². The van der Waals surface area contributed by atoms with Crippen LogP contribution in [0.15, 0.2) is 30.3 Å². The normalized spacial score (nSPS) is 10.2. The maximum atomic E-state index is 13.7. The number of nitrogens with zero attached hydrogens (tertiary/aromatic N) is 2. The second-order valence-electron chi connectivity index (χ2n) is 4.67. The van der Waals surface area contributed by atoms with E-state index >= 15 is 0 Å². The topological polar surface area (TPSA) is 66.9 Å². The van der Waals surface area contributed by atoms with Crippen LogP contribution in [0.5, 0.6) is 0 Å². The zero-order valence-corrected chi connectivity index (χ0v) is 12.0. The Morgan fingerprint density at radius 2 is 2.05 bits per heavy atom. The lowest BCUT2D eigenvalue weighted by molar-refractivity contribution is 0.102. The van der Waals surface area contributed by atoms with Crippen molar-refractivity contribution in [2.75, 3.05) is 17.2 Å². The summed E-state index contributed by atoms with van der Waals surface area (Å²) < 4.78 is 13.7. The molecule has 0 atom stereocenters. The number of rotatable bonds is 5. The number of aromatic nitrogens is 2. The van der Waals surface area contributed by atoms with E-state index in [1.54, 1.807) is 25.1 Å². The van der Waals surface area contributed by atoms with E-state index in [9.17, 15) is 9.18 Å². The zero-order chi connectivity index (χ0) is 15.2. The van der Waals surface area contributed by atoms with Crippen molar-refractivity contribution < 1.29 is 9.18 Å². The molecule has 0 unspecified atom stereocenters.